The van der Waals surface area contributed by atoms with Gasteiger partial charge >= 0.3 is 0 Å². The number of nitrogens with two attached hydrogens (primary N) is 1. The Morgan fingerprint density at radius 1 is 1.04 bits per heavy atom. The van der Waals surface area contributed by atoms with Crippen molar-refractivity contribution in [2.45, 2.75) is 9.50 Å². The van der Waals surface area contributed by atoms with Crippen LogP contribution in [-0.2, 0) is 0 Å². The van der Waals surface area contributed by atoms with Gasteiger partial charge in [-0.1, -0.05) is 34.5 Å². The van der Waals surface area contributed by atoms with Crippen molar-refractivity contribution in [1.82, 2.24) is 19.7 Å². The van der Waals surface area contributed by atoms with Gasteiger partial charge in [0.2, 0.25) is 5.13 Å². The van der Waals surface area contributed by atoms with Crippen LogP contribution in [0.5, 0.6) is 0 Å². The lowest BCUT2D eigenvalue weighted by Gasteiger charge is -2.12. The van der Waals surface area contributed by atoms with Gasteiger partial charge < -0.3 is 5.73 Å². The van der Waals surface area contributed by atoms with Gasteiger partial charge in [-0.3, -0.25) is 9.36 Å². The van der Waals surface area contributed by atoms with E-state index in [4.69, 9.17) is 28.9 Å². The molecule has 0 spiro atoms. The summed E-state index contributed by atoms with van der Waals surface area (Å²) in [5.74, 6) is 0. The maximum absolute atomic E-state index is 13.1. The highest BCUT2D eigenvalue weighted by Crippen LogP contribution is 2.31. The van der Waals surface area contributed by atoms with Crippen molar-refractivity contribution in [3.8, 4) is 5.69 Å². The van der Waals surface area contributed by atoms with E-state index >= 15 is 0 Å². The minimum atomic E-state index is -0.236. The highest BCUT2D eigenvalue weighted by atomic mass is 35.5. The fraction of sp³-hybridized carbons (Fsp3) is 0. The number of rotatable bonds is 3. The smallest absolute Gasteiger partial charge is 0.266 e. The van der Waals surface area contributed by atoms with Gasteiger partial charge in [-0.05, 0) is 54.2 Å². The van der Waals surface area contributed by atoms with Gasteiger partial charge in [0.1, 0.15) is 0 Å². The number of hydrogen-bond donors (Lipinski definition) is 1. The Bertz CT molecular complexity index is 1170. The third kappa shape index (κ3) is 3.28. The first-order valence-electron chi connectivity index (χ1n) is 7.26. The molecule has 0 unspecified atom stereocenters. The largest absolute Gasteiger partial charge is 0.374 e. The van der Waals surface area contributed by atoms with Crippen LogP contribution in [0.1, 0.15) is 0 Å². The van der Waals surface area contributed by atoms with Gasteiger partial charge in [-0.2, -0.15) is 0 Å². The molecular weight excluding hydrogens is 413 g/mol. The molecule has 0 aliphatic carbocycles. The second kappa shape index (κ2) is 6.88. The molecule has 0 aliphatic rings. The first kappa shape index (κ1) is 17.3. The summed E-state index contributed by atoms with van der Waals surface area (Å²) in [6, 6.07) is 11.9. The summed E-state index contributed by atoms with van der Waals surface area (Å²) in [7, 11) is 0. The number of fused-ring (bicyclic) bond motifs is 1. The zero-order chi connectivity index (χ0) is 18.3. The van der Waals surface area contributed by atoms with Crippen molar-refractivity contribution in [2.75, 3.05) is 5.73 Å². The summed E-state index contributed by atoms with van der Waals surface area (Å²) in [6.07, 6.45) is 0. The van der Waals surface area contributed by atoms with Gasteiger partial charge in [0.15, 0.2) is 9.50 Å². The Labute approximate surface area is 165 Å². The summed E-state index contributed by atoms with van der Waals surface area (Å²) in [5.41, 5.74) is 6.59. The lowest BCUT2D eigenvalue weighted by molar-refractivity contribution is 0.818. The Balaban J connectivity index is 1.98. The summed E-state index contributed by atoms with van der Waals surface area (Å²) < 4.78 is 2.09. The van der Waals surface area contributed by atoms with Crippen molar-refractivity contribution >= 4 is 62.3 Å². The van der Waals surface area contributed by atoms with E-state index in [1.54, 1.807) is 42.5 Å². The Morgan fingerprint density at radius 2 is 1.77 bits per heavy atom. The number of nitrogens with zero attached hydrogens (tertiary/aromatic N) is 4. The van der Waals surface area contributed by atoms with E-state index in [2.05, 4.69) is 15.2 Å². The number of hydrogen-bond acceptors (Lipinski definition) is 7. The molecule has 26 heavy (non-hydrogen) atoms. The number of halogens is 2. The highest BCUT2D eigenvalue weighted by molar-refractivity contribution is 8.00. The van der Waals surface area contributed by atoms with E-state index in [9.17, 15) is 4.79 Å². The first-order valence-corrected chi connectivity index (χ1v) is 9.65. The van der Waals surface area contributed by atoms with Crippen molar-refractivity contribution in [3.05, 3.63) is 62.9 Å². The summed E-state index contributed by atoms with van der Waals surface area (Å²) in [4.78, 5) is 17.8. The van der Waals surface area contributed by atoms with Crippen LogP contribution in [0.3, 0.4) is 0 Å². The molecule has 2 heterocycles. The second-order valence-corrected chi connectivity index (χ2v) is 8.28. The van der Waals surface area contributed by atoms with Crippen LogP contribution in [-0.4, -0.2) is 19.7 Å². The zero-order valence-corrected chi connectivity index (χ0v) is 16.0. The van der Waals surface area contributed by atoms with Crippen molar-refractivity contribution in [2.24, 2.45) is 0 Å². The first-order chi connectivity index (χ1) is 12.5. The normalized spacial score (nSPS) is 11.2. The Hall–Kier alpha value is -2.13. The quantitative estimate of drug-likeness (QED) is 0.496. The number of benzene rings is 2. The zero-order valence-electron chi connectivity index (χ0n) is 12.9. The molecule has 0 saturated heterocycles. The van der Waals surface area contributed by atoms with Gasteiger partial charge in [0.05, 0.1) is 16.6 Å². The SMILES string of the molecule is Nc1nnc(Sc2nc3ccc(Cl)cc3c(=O)n2-c2ccc(Cl)cc2)s1. The fourth-order valence-corrected chi connectivity index (χ4v) is 4.31. The van der Waals surface area contributed by atoms with E-state index in [0.717, 1.165) is 0 Å². The van der Waals surface area contributed by atoms with E-state index < -0.39 is 0 Å². The van der Waals surface area contributed by atoms with Crippen molar-refractivity contribution in [1.29, 1.82) is 0 Å². The molecule has 0 amide bonds. The lowest BCUT2D eigenvalue weighted by Crippen LogP contribution is -2.21. The maximum Gasteiger partial charge on any atom is 0.266 e. The molecule has 130 valence electrons. The molecule has 4 aromatic rings. The molecule has 0 bridgehead atoms. The molecule has 0 saturated carbocycles. The Kier molecular flexibility index (Phi) is 4.58. The van der Waals surface area contributed by atoms with E-state index in [1.165, 1.54) is 27.7 Å². The van der Waals surface area contributed by atoms with Crippen LogP contribution >= 0.6 is 46.3 Å². The van der Waals surface area contributed by atoms with Crippen molar-refractivity contribution < 1.29 is 0 Å². The van der Waals surface area contributed by atoms with E-state index in [-0.39, 0.29) is 5.56 Å². The van der Waals surface area contributed by atoms with Gasteiger partial charge in [-0.25, -0.2) is 4.98 Å². The molecule has 6 nitrogen and oxygen atoms in total. The van der Waals surface area contributed by atoms with Gasteiger partial charge in [-0.15, -0.1) is 10.2 Å². The van der Waals surface area contributed by atoms with Crippen LogP contribution in [0.25, 0.3) is 16.6 Å². The number of nitrogen functional groups attached to an aromatic ring is 1. The minimum Gasteiger partial charge on any atom is -0.374 e. The summed E-state index contributed by atoms with van der Waals surface area (Å²) >= 11 is 14.5. The standard InChI is InChI=1S/C16H9Cl2N5OS2/c17-8-1-4-10(5-2-8)23-13(24)11-7-9(18)3-6-12(11)20-15(23)26-16-22-21-14(19)25-16/h1-7H,(H2,19,21). The highest BCUT2D eigenvalue weighted by Gasteiger charge is 2.16. The molecular formula is C16H9Cl2N5OS2. The fourth-order valence-electron chi connectivity index (χ4n) is 2.36. The predicted molar refractivity (Wildman–Crippen MR) is 106 cm³/mol. The monoisotopic (exact) mass is 421 g/mol. The average Bonchev–Trinajstić information content (AvgIpc) is 3.02. The van der Waals surface area contributed by atoms with Crippen LogP contribution in [0, 0.1) is 0 Å². The molecule has 0 radical (unpaired) electrons. The Morgan fingerprint density at radius 3 is 2.46 bits per heavy atom. The molecule has 10 heteroatoms. The third-order valence-corrected chi connectivity index (χ3v) is 5.73. The van der Waals surface area contributed by atoms with Crippen LogP contribution in [0.15, 0.2) is 56.8 Å². The molecule has 0 aliphatic heterocycles. The maximum atomic E-state index is 13.1. The molecule has 0 atom stereocenters. The average molecular weight is 422 g/mol. The van der Waals surface area contributed by atoms with Gasteiger partial charge in [0.25, 0.3) is 5.56 Å². The lowest BCUT2D eigenvalue weighted by atomic mass is 10.2. The van der Waals surface area contributed by atoms with Crippen LogP contribution in [0.4, 0.5) is 5.13 Å². The van der Waals surface area contributed by atoms with Gasteiger partial charge in [0, 0.05) is 10.0 Å². The van der Waals surface area contributed by atoms with Crippen LogP contribution in [0.2, 0.25) is 10.0 Å². The summed E-state index contributed by atoms with van der Waals surface area (Å²) in [6.45, 7) is 0. The topological polar surface area (TPSA) is 86.7 Å². The van der Waals surface area contributed by atoms with E-state index in [1.807, 2.05) is 0 Å². The third-order valence-electron chi connectivity index (χ3n) is 3.48. The molecule has 0 fully saturated rings. The second-order valence-electron chi connectivity index (χ2n) is 5.18. The predicted octanol–water partition coefficient (Wildman–Crippen LogP) is 4.28. The minimum absolute atomic E-state index is 0.236. The molecule has 2 aromatic heterocycles. The molecule has 2 aromatic carbocycles. The molecule has 2 N–H and O–H groups in total. The van der Waals surface area contributed by atoms with Crippen molar-refractivity contribution in [3.63, 3.8) is 0 Å². The molecule has 4 rings (SSSR count). The van der Waals surface area contributed by atoms with E-state index in [0.29, 0.717) is 41.3 Å². The summed E-state index contributed by atoms with van der Waals surface area (Å²) in [5, 5.41) is 10.1. The number of anilines is 1. The number of aromatic nitrogens is 4. The van der Waals surface area contributed by atoms with Crippen LogP contribution < -0.4 is 11.3 Å².